The highest BCUT2D eigenvalue weighted by molar-refractivity contribution is 7.15. The van der Waals surface area contributed by atoms with Crippen LogP contribution in [0.15, 0.2) is 54.0 Å². The molecule has 0 unspecified atom stereocenters. The number of thiazole rings is 1. The van der Waals surface area contributed by atoms with Gasteiger partial charge in [-0.1, -0.05) is 12.1 Å². The summed E-state index contributed by atoms with van der Waals surface area (Å²) >= 11 is 1.59. The minimum Gasteiger partial charge on any atom is -0.497 e. The lowest BCUT2D eigenvalue weighted by Crippen LogP contribution is -2.49. The molecule has 0 atom stereocenters. The van der Waals surface area contributed by atoms with Crippen LogP contribution in [0.5, 0.6) is 5.75 Å². The third-order valence-corrected chi connectivity index (χ3v) is 7.38. The van der Waals surface area contributed by atoms with Gasteiger partial charge in [0.1, 0.15) is 5.75 Å². The van der Waals surface area contributed by atoms with Gasteiger partial charge in [-0.15, -0.1) is 23.7 Å². The molecule has 4 aromatic rings. The van der Waals surface area contributed by atoms with Gasteiger partial charge in [0, 0.05) is 54.7 Å². The van der Waals surface area contributed by atoms with E-state index in [1.165, 1.54) is 16.8 Å². The molecule has 0 N–H and O–H groups in total. The number of carbonyl (C=O) groups is 1. The van der Waals surface area contributed by atoms with Crippen LogP contribution in [-0.2, 0) is 11.2 Å². The maximum Gasteiger partial charge on any atom is 0.228 e. The van der Waals surface area contributed by atoms with Gasteiger partial charge in [-0.25, -0.2) is 4.98 Å². The number of anilines is 1. The molecular weight excluding hydrogens is 468 g/mol. The lowest BCUT2D eigenvalue weighted by atomic mass is 10.0. The topological polar surface area (TPSA) is 50.1 Å². The Morgan fingerprint density at radius 1 is 1.03 bits per heavy atom. The van der Waals surface area contributed by atoms with Gasteiger partial charge < -0.3 is 14.5 Å². The molecule has 5 rings (SSSR count). The number of aromatic nitrogens is 2. The monoisotopic (exact) mass is 496 g/mol. The fourth-order valence-electron chi connectivity index (χ4n) is 4.27. The van der Waals surface area contributed by atoms with E-state index in [2.05, 4.69) is 65.1 Å². The Kier molecular flexibility index (Phi) is 7.14. The van der Waals surface area contributed by atoms with Gasteiger partial charge in [-0.2, -0.15) is 0 Å². The fraction of sp³-hybridized carbons (Fsp3) is 0.308. The van der Waals surface area contributed by atoms with Crippen molar-refractivity contribution in [2.75, 3.05) is 38.2 Å². The summed E-state index contributed by atoms with van der Waals surface area (Å²) in [7, 11) is 1.68. The van der Waals surface area contributed by atoms with E-state index in [-0.39, 0.29) is 18.3 Å². The molecule has 8 heteroatoms. The molecule has 178 valence electrons. The van der Waals surface area contributed by atoms with E-state index < -0.39 is 0 Å². The van der Waals surface area contributed by atoms with Crippen molar-refractivity contribution in [1.82, 2.24) is 14.3 Å². The molecule has 0 saturated carbocycles. The van der Waals surface area contributed by atoms with Gasteiger partial charge in [0.2, 0.25) is 5.91 Å². The Morgan fingerprint density at radius 2 is 1.76 bits per heavy atom. The van der Waals surface area contributed by atoms with E-state index in [0.29, 0.717) is 6.42 Å². The first kappa shape index (κ1) is 24.1. The zero-order valence-electron chi connectivity index (χ0n) is 19.7. The third kappa shape index (κ3) is 4.76. The summed E-state index contributed by atoms with van der Waals surface area (Å²) in [4.78, 5) is 23.1. The number of amides is 1. The zero-order valence-corrected chi connectivity index (χ0v) is 21.3. The normalized spacial score (nSPS) is 13.7. The fourth-order valence-corrected chi connectivity index (χ4v) is 5.14. The van der Waals surface area contributed by atoms with Crippen LogP contribution in [0.4, 0.5) is 5.69 Å². The summed E-state index contributed by atoms with van der Waals surface area (Å²) in [5.74, 6) is 1.03. The van der Waals surface area contributed by atoms with E-state index in [1.807, 2.05) is 17.0 Å². The van der Waals surface area contributed by atoms with Crippen molar-refractivity contribution < 1.29 is 9.53 Å². The largest absolute Gasteiger partial charge is 0.497 e. The van der Waals surface area contributed by atoms with Crippen molar-refractivity contribution in [3.8, 4) is 17.0 Å². The maximum absolute atomic E-state index is 13.1. The highest BCUT2D eigenvalue weighted by atomic mass is 35.5. The number of hydrogen-bond donors (Lipinski definition) is 0. The molecule has 1 aliphatic rings. The Bertz CT molecular complexity index is 1290. The van der Waals surface area contributed by atoms with E-state index in [0.717, 1.165) is 53.8 Å². The molecule has 34 heavy (non-hydrogen) atoms. The summed E-state index contributed by atoms with van der Waals surface area (Å²) in [5.41, 5.74) is 6.76. The summed E-state index contributed by atoms with van der Waals surface area (Å²) < 4.78 is 7.32. The number of methoxy groups -OCH3 is 1. The molecule has 0 spiro atoms. The van der Waals surface area contributed by atoms with Gasteiger partial charge in [0.25, 0.3) is 0 Å². The lowest BCUT2D eigenvalue weighted by Gasteiger charge is -2.36. The van der Waals surface area contributed by atoms with Crippen LogP contribution in [-0.4, -0.2) is 53.5 Å². The second-order valence-electron chi connectivity index (χ2n) is 8.55. The highest BCUT2D eigenvalue weighted by Crippen LogP contribution is 2.26. The Labute approximate surface area is 210 Å². The predicted molar refractivity (Wildman–Crippen MR) is 141 cm³/mol. The number of piperazine rings is 1. The van der Waals surface area contributed by atoms with E-state index >= 15 is 0 Å². The number of nitrogens with zero attached hydrogens (tertiary/aromatic N) is 4. The molecule has 3 heterocycles. The smallest absolute Gasteiger partial charge is 0.228 e. The first-order chi connectivity index (χ1) is 16.0. The van der Waals surface area contributed by atoms with Crippen LogP contribution in [0.3, 0.4) is 0 Å². The van der Waals surface area contributed by atoms with Crippen molar-refractivity contribution in [2.24, 2.45) is 0 Å². The van der Waals surface area contributed by atoms with Crippen LogP contribution in [0.1, 0.15) is 16.8 Å². The van der Waals surface area contributed by atoms with Gasteiger partial charge in [0.05, 0.1) is 19.2 Å². The Balaban J connectivity index is 0.00000274. The van der Waals surface area contributed by atoms with Crippen LogP contribution in [0.25, 0.3) is 16.2 Å². The van der Waals surface area contributed by atoms with Crippen molar-refractivity contribution in [2.45, 2.75) is 20.3 Å². The van der Waals surface area contributed by atoms with Gasteiger partial charge in [0.15, 0.2) is 4.96 Å². The number of hydrogen-bond acceptors (Lipinski definition) is 5. The maximum atomic E-state index is 13.1. The molecule has 0 radical (unpaired) electrons. The molecule has 1 saturated heterocycles. The Hall–Kier alpha value is -3.03. The van der Waals surface area contributed by atoms with Crippen LogP contribution in [0.2, 0.25) is 0 Å². The van der Waals surface area contributed by atoms with Crippen LogP contribution < -0.4 is 9.64 Å². The molecule has 1 amide bonds. The number of benzene rings is 2. The van der Waals surface area contributed by atoms with Crippen molar-refractivity contribution in [3.05, 3.63) is 70.9 Å². The number of ether oxygens (including phenoxy) is 1. The molecule has 6 nitrogen and oxygen atoms in total. The van der Waals surface area contributed by atoms with Crippen LogP contribution in [0, 0.1) is 13.8 Å². The van der Waals surface area contributed by atoms with Crippen molar-refractivity contribution >= 4 is 40.3 Å². The molecule has 2 aromatic carbocycles. The molecule has 0 aliphatic carbocycles. The molecule has 1 fully saturated rings. The van der Waals surface area contributed by atoms with E-state index in [1.54, 1.807) is 18.4 Å². The minimum absolute atomic E-state index is 0. The first-order valence-electron chi connectivity index (χ1n) is 11.2. The lowest BCUT2D eigenvalue weighted by molar-refractivity contribution is -0.130. The first-order valence-corrected chi connectivity index (χ1v) is 12.1. The number of aryl methyl sites for hydroxylation is 2. The second kappa shape index (κ2) is 10.1. The number of rotatable bonds is 5. The van der Waals surface area contributed by atoms with Crippen LogP contribution >= 0.6 is 23.7 Å². The minimum atomic E-state index is 0. The number of imidazole rings is 1. The van der Waals surface area contributed by atoms with Gasteiger partial charge in [-0.05, 0) is 55.3 Å². The average molecular weight is 497 g/mol. The SMILES string of the molecule is COc1ccc(N2CCN(C(=O)Cc3csc4nc(-c5ccc(C)c(C)c5)cn34)CC2)cc1.Cl. The molecular formula is C26H29ClN4O2S. The number of halogens is 1. The average Bonchev–Trinajstić information content (AvgIpc) is 3.43. The van der Waals surface area contributed by atoms with Gasteiger partial charge >= 0.3 is 0 Å². The van der Waals surface area contributed by atoms with E-state index in [9.17, 15) is 4.79 Å². The highest BCUT2D eigenvalue weighted by Gasteiger charge is 2.23. The Morgan fingerprint density at radius 3 is 2.44 bits per heavy atom. The zero-order chi connectivity index (χ0) is 22.9. The summed E-state index contributed by atoms with van der Waals surface area (Å²) in [6.07, 6.45) is 2.45. The molecule has 0 bridgehead atoms. The molecule has 2 aromatic heterocycles. The van der Waals surface area contributed by atoms with E-state index in [4.69, 9.17) is 9.72 Å². The number of fused-ring (bicyclic) bond motifs is 1. The summed E-state index contributed by atoms with van der Waals surface area (Å²) in [6.45, 7) is 7.37. The van der Waals surface area contributed by atoms with Gasteiger partial charge in [-0.3, -0.25) is 9.20 Å². The summed E-state index contributed by atoms with van der Waals surface area (Å²) in [5, 5.41) is 2.05. The second-order valence-corrected chi connectivity index (χ2v) is 9.38. The molecule has 1 aliphatic heterocycles. The predicted octanol–water partition coefficient (Wildman–Crippen LogP) is 5.00. The summed E-state index contributed by atoms with van der Waals surface area (Å²) in [6, 6.07) is 14.5. The standard InChI is InChI=1S/C26H28N4O2S.ClH/c1-18-4-5-20(14-19(18)2)24-16-30-22(17-33-26(30)27-24)15-25(31)29-12-10-28(11-13-29)21-6-8-23(32-3)9-7-21;/h4-9,14,16-17H,10-13,15H2,1-3H3;1H. The van der Waals surface area contributed by atoms with Crippen molar-refractivity contribution in [1.29, 1.82) is 0 Å². The van der Waals surface area contributed by atoms with Crippen molar-refractivity contribution in [3.63, 3.8) is 0 Å². The third-order valence-electron chi connectivity index (χ3n) is 6.49. The quantitative estimate of drug-likeness (QED) is 0.390. The number of carbonyl (C=O) groups excluding carboxylic acids is 1.